The van der Waals surface area contributed by atoms with E-state index in [2.05, 4.69) is 31.6 Å². The Hall–Kier alpha value is -2.71. The number of hydrogen-bond acceptors (Lipinski definition) is 10. The zero-order valence-corrected chi connectivity index (χ0v) is 33.3. The molecule has 1 amide bonds. The SMILES string of the molecule is CO[C@@]1(CN2CCN3CCOC[C@@H]3C2)/C=C/C[C@H](C)[C@@H](CCO)S(=O)(=O)NC(=O)c2ccc3c(c2)N(CCCCc2cc(Cl)ccc2CO3)C[C@@H]2CC[C@H]21. The minimum absolute atomic E-state index is 0.0178. The van der Waals surface area contributed by atoms with E-state index in [1.165, 1.54) is 5.56 Å². The van der Waals surface area contributed by atoms with Gasteiger partial charge in [0.15, 0.2) is 0 Å². The van der Waals surface area contributed by atoms with E-state index in [9.17, 15) is 18.3 Å². The number of rotatable bonds is 5. The lowest BCUT2D eigenvalue weighted by atomic mass is 9.63. The predicted molar refractivity (Wildman–Crippen MR) is 211 cm³/mol. The molecule has 2 saturated heterocycles. The molecule has 2 aromatic rings. The smallest absolute Gasteiger partial charge is 0.264 e. The van der Waals surface area contributed by atoms with Gasteiger partial charge in [-0.25, -0.2) is 13.1 Å². The monoisotopic (exact) mass is 784 g/mol. The number of ether oxygens (including phenoxy) is 3. The molecule has 11 nitrogen and oxygen atoms in total. The average molecular weight is 785 g/mol. The molecule has 7 rings (SSSR count). The van der Waals surface area contributed by atoms with Crippen LogP contribution in [0.1, 0.15) is 66.9 Å². The molecule has 2 bridgehead atoms. The van der Waals surface area contributed by atoms with Gasteiger partial charge in [-0.3, -0.25) is 14.6 Å². The number of morpholine rings is 1. The van der Waals surface area contributed by atoms with Gasteiger partial charge in [0.2, 0.25) is 10.0 Å². The molecule has 5 aliphatic rings. The number of anilines is 1. The third-order valence-corrected chi connectivity index (χ3v) is 14.9. The number of benzene rings is 2. The van der Waals surface area contributed by atoms with Gasteiger partial charge in [-0.15, -0.1) is 0 Å². The van der Waals surface area contributed by atoms with Crippen molar-refractivity contribution in [3.05, 3.63) is 70.3 Å². The number of methoxy groups -OCH3 is 1. The minimum atomic E-state index is -4.14. The number of nitrogens with one attached hydrogen (secondary N) is 1. The van der Waals surface area contributed by atoms with Crippen LogP contribution in [0.4, 0.5) is 5.69 Å². The first kappa shape index (κ1) is 39.5. The number of allylic oxidation sites excluding steroid dienone is 1. The third-order valence-electron chi connectivity index (χ3n) is 12.7. The highest BCUT2D eigenvalue weighted by Crippen LogP contribution is 2.47. The number of aryl methyl sites for hydroxylation is 1. The Kier molecular flexibility index (Phi) is 12.6. The van der Waals surface area contributed by atoms with Crippen LogP contribution in [0, 0.1) is 17.8 Å². The number of piperazine rings is 1. The second-order valence-electron chi connectivity index (χ2n) is 16.0. The number of aliphatic hydroxyl groups is 1. The number of amides is 1. The molecular formula is C41H57ClN4O7S. The van der Waals surface area contributed by atoms with Gasteiger partial charge in [0.1, 0.15) is 18.0 Å². The van der Waals surface area contributed by atoms with Crippen LogP contribution in [0.3, 0.4) is 0 Å². The fourth-order valence-electron chi connectivity index (χ4n) is 9.45. The zero-order chi connectivity index (χ0) is 37.9. The number of aliphatic hydroxyl groups excluding tert-OH is 1. The topological polar surface area (TPSA) is 121 Å². The molecule has 1 saturated carbocycles. The van der Waals surface area contributed by atoms with Gasteiger partial charge in [-0.05, 0) is 104 Å². The maximum absolute atomic E-state index is 13.9. The Morgan fingerprint density at radius 1 is 1.06 bits per heavy atom. The maximum Gasteiger partial charge on any atom is 0.264 e. The normalized spacial score (nSPS) is 31.7. The Morgan fingerprint density at radius 3 is 2.72 bits per heavy atom. The summed E-state index contributed by atoms with van der Waals surface area (Å²) in [5.41, 5.74) is 2.68. The van der Waals surface area contributed by atoms with Crippen molar-refractivity contribution >= 4 is 33.2 Å². The number of hydrogen-bond donors (Lipinski definition) is 2. The van der Waals surface area contributed by atoms with E-state index in [0.717, 1.165) is 102 Å². The number of carbonyl (C=O) groups is 1. The van der Waals surface area contributed by atoms with E-state index in [-0.39, 0.29) is 30.4 Å². The van der Waals surface area contributed by atoms with E-state index in [4.69, 9.17) is 25.8 Å². The Morgan fingerprint density at radius 2 is 1.93 bits per heavy atom. The van der Waals surface area contributed by atoms with E-state index in [0.29, 0.717) is 35.8 Å². The summed E-state index contributed by atoms with van der Waals surface area (Å²) < 4.78 is 49.2. The van der Waals surface area contributed by atoms with E-state index >= 15 is 0 Å². The molecule has 3 fully saturated rings. The highest BCUT2D eigenvalue weighted by atomic mass is 35.5. The van der Waals surface area contributed by atoms with Crippen LogP contribution in [0.2, 0.25) is 5.02 Å². The van der Waals surface area contributed by atoms with Crippen molar-refractivity contribution in [2.75, 3.05) is 77.6 Å². The van der Waals surface area contributed by atoms with Crippen LogP contribution in [0.5, 0.6) is 5.75 Å². The van der Waals surface area contributed by atoms with Gasteiger partial charge in [-0.2, -0.15) is 0 Å². The van der Waals surface area contributed by atoms with Gasteiger partial charge < -0.3 is 24.2 Å². The zero-order valence-electron chi connectivity index (χ0n) is 31.8. The molecule has 4 heterocycles. The lowest BCUT2D eigenvalue weighted by Gasteiger charge is -2.53. The van der Waals surface area contributed by atoms with Crippen LogP contribution in [-0.4, -0.2) is 119 Å². The summed E-state index contributed by atoms with van der Waals surface area (Å²) >= 11 is 6.41. The summed E-state index contributed by atoms with van der Waals surface area (Å²) in [6.45, 7) is 9.50. The molecule has 0 spiro atoms. The van der Waals surface area contributed by atoms with Crippen LogP contribution < -0.4 is 14.4 Å². The van der Waals surface area contributed by atoms with Gasteiger partial charge in [0.25, 0.3) is 5.91 Å². The maximum atomic E-state index is 13.9. The summed E-state index contributed by atoms with van der Waals surface area (Å²) in [6.07, 6.45) is 9.59. The summed E-state index contributed by atoms with van der Waals surface area (Å²) in [7, 11) is -2.32. The van der Waals surface area contributed by atoms with Gasteiger partial charge in [0.05, 0.1) is 24.2 Å². The Bertz CT molecular complexity index is 1780. The van der Waals surface area contributed by atoms with Gasteiger partial charge in [0, 0.05) is 76.2 Å². The van der Waals surface area contributed by atoms with Crippen molar-refractivity contribution in [2.45, 2.75) is 75.4 Å². The number of carbonyl (C=O) groups excluding carboxylic acids is 1. The van der Waals surface area contributed by atoms with Crippen molar-refractivity contribution in [1.29, 1.82) is 0 Å². The highest BCUT2D eigenvalue weighted by molar-refractivity contribution is 7.90. The fourth-order valence-corrected chi connectivity index (χ4v) is 11.3. The van der Waals surface area contributed by atoms with Crippen LogP contribution in [-0.2, 0) is 32.5 Å². The quantitative estimate of drug-likeness (QED) is 0.406. The minimum Gasteiger partial charge on any atom is -0.487 e. The average Bonchev–Trinajstić information content (AvgIpc) is 3.17. The molecule has 296 valence electrons. The number of fused-ring (bicyclic) bond motifs is 4. The molecule has 0 aromatic heterocycles. The molecule has 2 aromatic carbocycles. The Balaban J connectivity index is 1.26. The molecule has 1 aliphatic carbocycles. The molecule has 2 N–H and O–H groups in total. The predicted octanol–water partition coefficient (Wildman–Crippen LogP) is 4.90. The molecular weight excluding hydrogens is 728 g/mol. The first-order valence-electron chi connectivity index (χ1n) is 19.8. The van der Waals surface area contributed by atoms with Crippen molar-refractivity contribution < 1.29 is 32.5 Å². The van der Waals surface area contributed by atoms with Gasteiger partial charge >= 0.3 is 0 Å². The summed E-state index contributed by atoms with van der Waals surface area (Å²) in [6, 6.07) is 11.5. The summed E-state index contributed by atoms with van der Waals surface area (Å²) in [4.78, 5) is 21.2. The van der Waals surface area contributed by atoms with Crippen LogP contribution in [0.25, 0.3) is 0 Å². The number of halogens is 1. The van der Waals surface area contributed by atoms with E-state index in [1.54, 1.807) is 18.2 Å². The van der Waals surface area contributed by atoms with Crippen LogP contribution in [0.15, 0.2) is 48.6 Å². The van der Waals surface area contributed by atoms with Crippen molar-refractivity contribution in [2.24, 2.45) is 17.8 Å². The molecule has 6 atom stereocenters. The lowest BCUT2D eigenvalue weighted by molar-refractivity contribution is -0.108. The fraction of sp³-hybridized carbons (Fsp3) is 0.634. The number of nitrogens with zero attached hydrogens (tertiary/aromatic N) is 3. The molecule has 54 heavy (non-hydrogen) atoms. The molecule has 0 unspecified atom stereocenters. The van der Waals surface area contributed by atoms with Crippen molar-refractivity contribution in [3.8, 4) is 5.75 Å². The summed E-state index contributed by atoms with van der Waals surface area (Å²) in [5.74, 6) is 0.128. The summed E-state index contributed by atoms with van der Waals surface area (Å²) in [5, 5.41) is 9.70. The van der Waals surface area contributed by atoms with E-state index in [1.807, 2.05) is 32.2 Å². The second-order valence-corrected chi connectivity index (χ2v) is 18.4. The van der Waals surface area contributed by atoms with Crippen molar-refractivity contribution in [3.63, 3.8) is 0 Å². The third kappa shape index (κ3) is 8.65. The molecule has 0 radical (unpaired) electrons. The molecule has 13 heteroatoms. The molecule has 4 aliphatic heterocycles. The largest absolute Gasteiger partial charge is 0.487 e. The first-order chi connectivity index (χ1) is 26.1. The Labute approximate surface area is 326 Å². The second kappa shape index (κ2) is 17.2. The number of sulfonamides is 1. The standard InChI is InChI=1S/C41H57ClN4O7S/c1-29-6-5-15-41(51-2,28-44-17-18-45-19-21-52-27-35(45)25-44)36-12-9-32(36)24-46-16-4-3-7-30-22-34(42)11-8-33(30)26-53-38-13-10-31(23-37(38)46)40(48)43-54(49,50)39(29)14-20-47/h5,8,10-11,13,15,22-23,29,32,35-36,39,47H,3-4,6-7,9,12,14,16-21,24-28H2,1-2H3,(H,43,48)/b15-5+/t29-,32-,35-,36+,39+,41+/m0/s1. The van der Waals surface area contributed by atoms with Crippen molar-refractivity contribution in [1.82, 2.24) is 14.5 Å². The first-order valence-corrected chi connectivity index (χ1v) is 21.7. The lowest BCUT2D eigenvalue weighted by Crippen LogP contribution is -2.62. The van der Waals surface area contributed by atoms with Crippen LogP contribution >= 0.6 is 11.6 Å². The highest BCUT2D eigenvalue weighted by Gasteiger charge is 2.49. The van der Waals surface area contributed by atoms with E-state index < -0.39 is 26.8 Å². The van der Waals surface area contributed by atoms with Gasteiger partial charge in [-0.1, -0.05) is 36.7 Å².